The highest BCUT2D eigenvalue weighted by Gasteiger charge is 2.10. The Bertz CT molecular complexity index is 528. The second-order valence-electron chi connectivity index (χ2n) is 2.83. The zero-order chi connectivity index (χ0) is 12.3. The Morgan fingerprint density at radius 3 is 2.62 bits per heavy atom. The molecule has 0 saturated carbocycles. The van der Waals surface area contributed by atoms with Gasteiger partial charge in [-0.05, 0) is 18.2 Å². The molecule has 1 rings (SSSR count). The van der Waals surface area contributed by atoms with Gasteiger partial charge in [-0.15, -0.1) is 0 Å². The number of nitrogens with zero attached hydrogens (tertiary/aromatic N) is 1. The lowest BCUT2D eigenvalue weighted by molar-refractivity contribution is 0.318. The molecule has 0 bridgehead atoms. The highest BCUT2D eigenvalue weighted by Crippen LogP contribution is 2.15. The summed E-state index contributed by atoms with van der Waals surface area (Å²) in [4.78, 5) is 0. The molecular weight excluding hydrogens is 239 g/mol. The van der Waals surface area contributed by atoms with Gasteiger partial charge in [0.05, 0.1) is 11.3 Å². The standard InChI is InChI=1S/C7H9FN4O3S/c8-6-2-1-4(12-16(10,14)15)3-5(6)7(9)11-13/h1-3,12-13H,(H2,9,11)(H2,10,14,15). The third-order valence-corrected chi connectivity index (χ3v) is 2.13. The Labute approximate surface area is 90.7 Å². The minimum absolute atomic E-state index is 0.00509. The summed E-state index contributed by atoms with van der Waals surface area (Å²) in [6.07, 6.45) is 0. The topological polar surface area (TPSA) is 131 Å². The van der Waals surface area contributed by atoms with Crippen LogP contribution in [0.15, 0.2) is 23.4 Å². The molecule has 0 fully saturated rings. The molecule has 6 N–H and O–H groups in total. The molecule has 1 aromatic carbocycles. The number of halogens is 1. The van der Waals surface area contributed by atoms with Gasteiger partial charge < -0.3 is 10.9 Å². The minimum atomic E-state index is -3.95. The molecule has 0 saturated heterocycles. The second kappa shape index (κ2) is 4.33. The Balaban J connectivity index is 3.18. The molecule has 0 atom stereocenters. The van der Waals surface area contributed by atoms with Crippen LogP contribution < -0.4 is 15.6 Å². The van der Waals surface area contributed by atoms with Crippen molar-refractivity contribution in [2.24, 2.45) is 16.0 Å². The van der Waals surface area contributed by atoms with Crippen molar-refractivity contribution < 1.29 is 18.0 Å². The van der Waals surface area contributed by atoms with Crippen molar-refractivity contribution in [3.8, 4) is 0 Å². The number of nitrogens with two attached hydrogens (primary N) is 2. The molecule has 0 radical (unpaired) electrons. The molecule has 88 valence electrons. The molecule has 0 unspecified atom stereocenters. The number of amidine groups is 1. The van der Waals surface area contributed by atoms with Gasteiger partial charge in [0.25, 0.3) is 10.2 Å². The van der Waals surface area contributed by atoms with E-state index in [2.05, 4.69) is 5.16 Å². The minimum Gasteiger partial charge on any atom is -0.409 e. The van der Waals surface area contributed by atoms with E-state index in [0.717, 1.165) is 18.2 Å². The number of oxime groups is 1. The normalized spacial score (nSPS) is 12.5. The first kappa shape index (κ1) is 12.2. The van der Waals surface area contributed by atoms with Crippen LogP contribution in [0.3, 0.4) is 0 Å². The van der Waals surface area contributed by atoms with E-state index in [0.29, 0.717) is 0 Å². The van der Waals surface area contributed by atoms with Crippen molar-refractivity contribution in [2.75, 3.05) is 4.72 Å². The average molecular weight is 248 g/mol. The lowest BCUT2D eigenvalue weighted by atomic mass is 10.2. The van der Waals surface area contributed by atoms with Crippen LogP contribution in [0.25, 0.3) is 0 Å². The second-order valence-corrected chi connectivity index (χ2v) is 4.12. The lowest BCUT2D eigenvalue weighted by Crippen LogP contribution is -2.22. The summed E-state index contributed by atoms with van der Waals surface area (Å²) >= 11 is 0. The molecule has 0 aliphatic heterocycles. The van der Waals surface area contributed by atoms with E-state index in [1.807, 2.05) is 4.72 Å². The van der Waals surface area contributed by atoms with Crippen LogP contribution in [0.2, 0.25) is 0 Å². The maximum atomic E-state index is 13.2. The van der Waals surface area contributed by atoms with E-state index in [1.165, 1.54) is 0 Å². The van der Waals surface area contributed by atoms with Crippen LogP contribution in [0.5, 0.6) is 0 Å². The van der Waals surface area contributed by atoms with Crippen molar-refractivity contribution in [1.29, 1.82) is 0 Å². The molecule has 0 aliphatic carbocycles. The van der Waals surface area contributed by atoms with Gasteiger partial charge in [0.15, 0.2) is 5.84 Å². The fourth-order valence-corrected chi connectivity index (χ4v) is 1.46. The quantitative estimate of drug-likeness (QED) is 0.249. The van der Waals surface area contributed by atoms with E-state index < -0.39 is 21.9 Å². The number of hydrogen-bond acceptors (Lipinski definition) is 4. The first-order chi connectivity index (χ1) is 7.33. The molecule has 0 amide bonds. The fourth-order valence-electron chi connectivity index (χ4n) is 1.00. The fraction of sp³-hybridized carbons (Fsp3) is 0. The average Bonchev–Trinajstić information content (AvgIpc) is 2.18. The van der Waals surface area contributed by atoms with Crippen molar-refractivity contribution in [3.05, 3.63) is 29.6 Å². The predicted molar refractivity (Wildman–Crippen MR) is 55.6 cm³/mol. The summed E-state index contributed by atoms with van der Waals surface area (Å²) in [6.45, 7) is 0. The monoisotopic (exact) mass is 248 g/mol. The molecule has 1 aromatic rings. The summed E-state index contributed by atoms with van der Waals surface area (Å²) in [5.74, 6) is -1.23. The van der Waals surface area contributed by atoms with E-state index in [1.54, 1.807) is 0 Å². The van der Waals surface area contributed by atoms with Crippen molar-refractivity contribution in [1.82, 2.24) is 0 Å². The van der Waals surface area contributed by atoms with Gasteiger partial charge in [-0.3, -0.25) is 4.72 Å². The van der Waals surface area contributed by atoms with Gasteiger partial charge in [-0.25, -0.2) is 9.53 Å². The third kappa shape index (κ3) is 3.07. The first-order valence-electron chi connectivity index (χ1n) is 3.91. The molecule has 16 heavy (non-hydrogen) atoms. The Morgan fingerprint density at radius 1 is 1.50 bits per heavy atom. The zero-order valence-electron chi connectivity index (χ0n) is 7.88. The molecule has 7 nitrogen and oxygen atoms in total. The molecular formula is C7H9FN4O3S. The zero-order valence-corrected chi connectivity index (χ0v) is 8.70. The summed E-state index contributed by atoms with van der Waals surface area (Å²) in [7, 11) is -3.95. The van der Waals surface area contributed by atoms with Crippen LogP contribution >= 0.6 is 0 Å². The SMILES string of the molecule is N/C(=N/O)c1cc(NS(N)(=O)=O)ccc1F. The van der Waals surface area contributed by atoms with Gasteiger partial charge in [-0.1, -0.05) is 5.16 Å². The Kier molecular flexibility index (Phi) is 3.30. The van der Waals surface area contributed by atoms with Gasteiger partial charge in [0.2, 0.25) is 0 Å². The summed E-state index contributed by atoms with van der Waals surface area (Å²) in [5, 5.41) is 15.7. The summed E-state index contributed by atoms with van der Waals surface area (Å²) in [5.41, 5.74) is 4.94. The van der Waals surface area contributed by atoms with Crippen LogP contribution in [-0.2, 0) is 10.2 Å². The highest BCUT2D eigenvalue weighted by molar-refractivity contribution is 7.90. The molecule has 0 aliphatic rings. The number of hydrogen-bond donors (Lipinski definition) is 4. The summed E-state index contributed by atoms with van der Waals surface area (Å²) in [6, 6.07) is 3.16. The van der Waals surface area contributed by atoms with Crippen LogP contribution in [0.1, 0.15) is 5.56 Å². The van der Waals surface area contributed by atoms with Crippen molar-refractivity contribution in [3.63, 3.8) is 0 Å². The van der Waals surface area contributed by atoms with Gasteiger partial charge >= 0.3 is 0 Å². The number of nitrogens with one attached hydrogen (secondary N) is 1. The highest BCUT2D eigenvalue weighted by atomic mass is 32.2. The number of anilines is 1. The van der Waals surface area contributed by atoms with Crippen LogP contribution in [-0.4, -0.2) is 19.5 Å². The first-order valence-corrected chi connectivity index (χ1v) is 5.46. The van der Waals surface area contributed by atoms with Crippen molar-refractivity contribution >= 4 is 21.7 Å². The Morgan fingerprint density at radius 2 is 2.12 bits per heavy atom. The van der Waals surface area contributed by atoms with E-state index in [-0.39, 0.29) is 11.3 Å². The lowest BCUT2D eigenvalue weighted by Gasteiger charge is -2.06. The molecule has 9 heteroatoms. The van der Waals surface area contributed by atoms with Gasteiger partial charge in [0, 0.05) is 0 Å². The molecule has 0 heterocycles. The smallest absolute Gasteiger partial charge is 0.296 e. The van der Waals surface area contributed by atoms with Crippen molar-refractivity contribution in [2.45, 2.75) is 0 Å². The summed E-state index contributed by atoms with van der Waals surface area (Å²) < 4.78 is 36.5. The van der Waals surface area contributed by atoms with E-state index in [4.69, 9.17) is 16.1 Å². The van der Waals surface area contributed by atoms with E-state index >= 15 is 0 Å². The third-order valence-electron chi connectivity index (χ3n) is 1.61. The van der Waals surface area contributed by atoms with Crippen LogP contribution in [0.4, 0.5) is 10.1 Å². The molecule has 0 spiro atoms. The maximum Gasteiger partial charge on any atom is 0.296 e. The largest absolute Gasteiger partial charge is 0.409 e. The van der Waals surface area contributed by atoms with E-state index in [9.17, 15) is 12.8 Å². The van der Waals surface area contributed by atoms with Gasteiger partial charge in [0.1, 0.15) is 5.82 Å². The number of rotatable bonds is 3. The van der Waals surface area contributed by atoms with Gasteiger partial charge in [-0.2, -0.15) is 8.42 Å². The number of benzene rings is 1. The maximum absolute atomic E-state index is 13.2. The Hall–Kier alpha value is -1.87. The predicted octanol–water partition coefficient (Wildman–Crippen LogP) is -0.464. The molecule has 0 aromatic heterocycles. The van der Waals surface area contributed by atoms with Crippen LogP contribution in [0, 0.1) is 5.82 Å².